The summed E-state index contributed by atoms with van der Waals surface area (Å²) in [6, 6.07) is 170. The molecule has 0 aliphatic rings. The maximum atomic E-state index is 2.40. The summed E-state index contributed by atoms with van der Waals surface area (Å²) in [5, 5.41) is 25.4. The third-order valence-electron chi connectivity index (χ3n) is 24.8. The lowest BCUT2D eigenvalue weighted by atomic mass is 9.91. The van der Waals surface area contributed by atoms with E-state index in [1.807, 2.05) is 0 Å². The van der Waals surface area contributed by atoms with Crippen molar-refractivity contribution in [1.29, 1.82) is 0 Å². The molecule has 0 spiro atoms. The highest BCUT2D eigenvalue weighted by atomic mass is 15.0. The van der Waals surface area contributed by atoms with E-state index in [1.54, 1.807) is 0 Å². The first kappa shape index (κ1) is 70.5. The highest BCUT2D eigenvalue weighted by molar-refractivity contribution is 6.16. The van der Waals surface area contributed by atoms with Gasteiger partial charge >= 0.3 is 0 Å². The van der Waals surface area contributed by atoms with Gasteiger partial charge in [0.1, 0.15) is 0 Å². The number of benzene rings is 22. The number of nitrogens with zero attached hydrogens (tertiary/aromatic N) is 3. The third-order valence-corrected chi connectivity index (χ3v) is 24.8. The van der Waals surface area contributed by atoms with Gasteiger partial charge in [-0.05, 0) is 263 Å². The van der Waals surface area contributed by atoms with Crippen LogP contribution in [0.25, 0.3) is 225 Å². The van der Waals surface area contributed by atoms with Crippen molar-refractivity contribution in [3.63, 3.8) is 0 Å². The van der Waals surface area contributed by atoms with Gasteiger partial charge in [-0.3, -0.25) is 0 Å². The van der Waals surface area contributed by atoms with Gasteiger partial charge in [-0.15, -0.1) is 0 Å². The van der Waals surface area contributed by atoms with Gasteiger partial charge in [-0.1, -0.05) is 346 Å². The molecule has 0 amide bonds. The van der Waals surface area contributed by atoms with Gasteiger partial charge in [0.05, 0.1) is 33.1 Å². The normalized spacial score (nSPS) is 11.6. The van der Waals surface area contributed by atoms with Crippen LogP contribution in [-0.2, 0) is 0 Å². The Balaban J connectivity index is 0.000000106. The molecule has 3 heterocycles. The monoisotopic (exact) mass is 1540 g/mol. The van der Waals surface area contributed by atoms with Crippen LogP contribution in [0.2, 0.25) is 0 Å². The Kier molecular flexibility index (Phi) is 17.3. The van der Waals surface area contributed by atoms with E-state index in [1.165, 1.54) is 225 Å². The molecule has 0 N–H and O–H groups in total. The molecular formula is C118H77N3. The molecule has 3 aromatic heterocycles. The predicted octanol–water partition coefficient (Wildman–Crippen LogP) is 32.4. The molecule has 3 nitrogen and oxygen atoms in total. The molecule has 0 unspecified atom stereocenters. The molecule has 22 aromatic carbocycles. The van der Waals surface area contributed by atoms with Gasteiger partial charge in [0.25, 0.3) is 0 Å². The summed E-state index contributed by atoms with van der Waals surface area (Å²) in [5.74, 6) is 0. The minimum absolute atomic E-state index is 1.18. The van der Waals surface area contributed by atoms with Crippen molar-refractivity contribution in [2.75, 3.05) is 0 Å². The second kappa shape index (κ2) is 29.7. The Morgan fingerprint density at radius 2 is 0.380 bits per heavy atom. The fourth-order valence-corrected chi connectivity index (χ4v) is 19.0. The minimum Gasteiger partial charge on any atom is -0.309 e. The van der Waals surface area contributed by atoms with Crippen LogP contribution in [0.3, 0.4) is 0 Å². The molecular weight excluding hydrogens is 1460 g/mol. The topological polar surface area (TPSA) is 14.8 Å². The van der Waals surface area contributed by atoms with E-state index in [-0.39, 0.29) is 0 Å². The Hall–Kier alpha value is -15.9. The summed E-state index contributed by atoms with van der Waals surface area (Å²) in [6.45, 7) is 0. The van der Waals surface area contributed by atoms with Crippen LogP contribution in [0.5, 0.6) is 0 Å². The fourth-order valence-electron chi connectivity index (χ4n) is 19.0. The van der Waals surface area contributed by atoms with E-state index in [9.17, 15) is 0 Å². The van der Waals surface area contributed by atoms with Crippen LogP contribution in [0.4, 0.5) is 0 Å². The smallest absolute Gasteiger partial charge is 0.0541 e. The first-order chi connectivity index (χ1) is 60.0. The van der Waals surface area contributed by atoms with Crippen molar-refractivity contribution in [2.24, 2.45) is 0 Å². The Morgan fingerprint density at radius 1 is 0.107 bits per heavy atom. The van der Waals surface area contributed by atoms with E-state index >= 15 is 0 Å². The van der Waals surface area contributed by atoms with E-state index in [4.69, 9.17) is 0 Å². The molecule has 0 bridgehead atoms. The van der Waals surface area contributed by atoms with E-state index in [2.05, 4.69) is 481 Å². The van der Waals surface area contributed by atoms with E-state index in [0.717, 1.165) is 0 Å². The number of fused-ring (bicyclic) bond motifs is 17. The third kappa shape index (κ3) is 12.6. The highest BCUT2D eigenvalue weighted by Gasteiger charge is 2.20. The average molecular weight is 1540 g/mol. The maximum Gasteiger partial charge on any atom is 0.0541 e. The molecule has 25 aromatic rings. The van der Waals surface area contributed by atoms with Crippen molar-refractivity contribution in [1.82, 2.24) is 13.7 Å². The summed E-state index contributed by atoms with van der Waals surface area (Å²) >= 11 is 0. The van der Waals surface area contributed by atoms with Crippen molar-refractivity contribution in [3.8, 4) is 83.8 Å². The number of para-hydroxylation sites is 3. The predicted molar refractivity (Wildman–Crippen MR) is 518 cm³/mol. The average Bonchev–Trinajstić information content (AvgIpc) is 1.62. The zero-order valence-electron chi connectivity index (χ0n) is 66.3. The molecule has 0 fully saturated rings. The quantitative estimate of drug-likeness (QED) is 0.128. The van der Waals surface area contributed by atoms with Crippen molar-refractivity contribution in [3.05, 3.63) is 467 Å². The number of hydrogen-bond donors (Lipinski definition) is 0. The van der Waals surface area contributed by atoms with Gasteiger partial charge in [0.15, 0.2) is 0 Å². The number of hydrogen-bond acceptors (Lipinski definition) is 0. The minimum atomic E-state index is 1.18. The van der Waals surface area contributed by atoms with Gasteiger partial charge < -0.3 is 13.7 Å². The maximum absolute atomic E-state index is 2.40. The second-order valence-corrected chi connectivity index (χ2v) is 31.9. The SMILES string of the molecule is c1cc(-c2ccc3c(c2)c2ccccc2n3-c2ccc3ccccc3c2)cc(-c2cc3ccccc3c3ccccc23)c1.c1cc(-c2ccc3c(c2)c2ccccc2n3-c2ccc3ccccc3c2)cc(-c2cccc3ccccc23)c1.c1cc(-c2ccc3ccccc3c2)cc(-c2ccc3c(c2)c2ccccc2n3-c2ccc3ccccc3c2)c1. The zero-order valence-corrected chi connectivity index (χ0v) is 66.3. The van der Waals surface area contributed by atoms with Crippen LogP contribution >= 0.6 is 0 Å². The zero-order chi connectivity index (χ0) is 79.9. The van der Waals surface area contributed by atoms with Gasteiger partial charge in [-0.2, -0.15) is 0 Å². The first-order valence-electron chi connectivity index (χ1n) is 41.7. The molecule has 3 heteroatoms. The second-order valence-electron chi connectivity index (χ2n) is 31.9. The standard InChI is InChI=1S/C42H27N.2C38H25N/c1-2-11-30-25-34(22-20-28(30)10-1)43-41-19-8-7-18-38(41)40-26-31(21-23-42(40)43)29-13-9-14-32(24-29)39-27-33-12-3-4-15-35(33)36-16-5-6-17-37(36)39;1-3-10-28-22-32(17-16-26(28)8-1)29-12-7-13-30(23-29)33-19-21-38-36(25-33)35-14-5-6-15-37(35)39(38)34-20-18-27-9-2-4-11-31(27)24-34;1-2-11-29-24-32(21-19-26(29)9-1)39-37-18-6-5-16-35(37)36-25-30(20-22-38(36)39)28-13-7-14-31(23-28)34-17-8-12-27-10-3-4-15-33(27)34/h1-27H;2*1-25H. The van der Waals surface area contributed by atoms with Crippen molar-refractivity contribution >= 4 is 141 Å². The summed E-state index contributed by atoms with van der Waals surface area (Å²) in [7, 11) is 0. The lowest BCUT2D eigenvalue weighted by Gasteiger charge is -2.13. The van der Waals surface area contributed by atoms with Crippen LogP contribution in [0, 0.1) is 0 Å². The Labute approximate surface area is 700 Å². The van der Waals surface area contributed by atoms with Gasteiger partial charge in [0, 0.05) is 49.4 Å². The molecule has 0 atom stereocenters. The van der Waals surface area contributed by atoms with Crippen molar-refractivity contribution in [2.45, 2.75) is 0 Å². The van der Waals surface area contributed by atoms with E-state index in [0.29, 0.717) is 0 Å². The summed E-state index contributed by atoms with van der Waals surface area (Å²) in [4.78, 5) is 0. The molecule has 0 saturated carbocycles. The Bertz CT molecular complexity index is 8420. The van der Waals surface area contributed by atoms with Crippen LogP contribution in [-0.4, -0.2) is 13.7 Å². The molecule has 0 saturated heterocycles. The van der Waals surface area contributed by atoms with Crippen LogP contribution in [0.1, 0.15) is 0 Å². The van der Waals surface area contributed by atoms with E-state index < -0.39 is 0 Å². The summed E-state index contributed by atoms with van der Waals surface area (Å²) < 4.78 is 7.19. The molecule has 0 radical (unpaired) electrons. The highest BCUT2D eigenvalue weighted by Crippen LogP contribution is 2.44. The molecule has 121 heavy (non-hydrogen) atoms. The largest absolute Gasteiger partial charge is 0.309 e. The Morgan fingerprint density at radius 3 is 0.818 bits per heavy atom. The summed E-state index contributed by atoms with van der Waals surface area (Å²) in [5.41, 5.74) is 25.7. The lowest BCUT2D eigenvalue weighted by molar-refractivity contribution is 1.19. The van der Waals surface area contributed by atoms with Gasteiger partial charge in [-0.25, -0.2) is 0 Å². The molecule has 25 rings (SSSR count). The molecule has 564 valence electrons. The molecule has 0 aliphatic heterocycles. The fraction of sp³-hybridized carbons (Fsp3) is 0. The summed E-state index contributed by atoms with van der Waals surface area (Å²) in [6.07, 6.45) is 0. The van der Waals surface area contributed by atoms with Crippen molar-refractivity contribution < 1.29 is 0 Å². The van der Waals surface area contributed by atoms with Crippen LogP contribution in [0.15, 0.2) is 467 Å². The van der Waals surface area contributed by atoms with Gasteiger partial charge in [0.2, 0.25) is 0 Å². The molecule has 0 aliphatic carbocycles. The number of rotatable bonds is 9. The van der Waals surface area contributed by atoms with Crippen LogP contribution < -0.4 is 0 Å². The first-order valence-corrected chi connectivity index (χ1v) is 41.7. The number of aromatic nitrogens is 3. The lowest BCUT2D eigenvalue weighted by Crippen LogP contribution is -1.93.